The van der Waals surface area contributed by atoms with Gasteiger partial charge in [-0.15, -0.1) is 0 Å². The highest BCUT2D eigenvalue weighted by molar-refractivity contribution is 5.41. The molecule has 2 aliphatic carbocycles. The van der Waals surface area contributed by atoms with Crippen molar-refractivity contribution < 1.29 is 4.39 Å². The molecule has 17 heavy (non-hydrogen) atoms. The summed E-state index contributed by atoms with van der Waals surface area (Å²) in [6, 6.07) is 0.491. The van der Waals surface area contributed by atoms with Gasteiger partial charge in [-0.25, -0.2) is 9.37 Å². The largest absolute Gasteiger partial charge is 0.371 e. The molecule has 2 fully saturated rings. The third-order valence-corrected chi connectivity index (χ3v) is 3.54. The summed E-state index contributed by atoms with van der Waals surface area (Å²) in [5.41, 5.74) is 0. The number of nitrogens with one attached hydrogen (secondary N) is 2. The van der Waals surface area contributed by atoms with Crippen molar-refractivity contribution >= 4 is 11.8 Å². The van der Waals surface area contributed by atoms with Crippen LogP contribution < -0.4 is 10.6 Å². The van der Waals surface area contributed by atoms with E-state index in [1.54, 1.807) is 7.05 Å². The van der Waals surface area contributed by atoms with Crippen LogP contribution in [0.15, 0.2) is 6.20 Å². The van der Waals surface area contributed by atoms with Crippen LogP contribution in [0.5, 0.6) is 0 Å². The maximum atomic E-state index is 13.2. The number of nitrogens with zero attached hydrogens (tertiary/aromatic N) is 2. The van der Waals surface area contributed by atoms with E-state index in [-0.39, 0.29) is 5.82 Å². The second kappa shape index (κ2) is 4.13. The van der Waals surface area contributed by atoms with E-state index >= 15 is 0 Å². The lowest BCUT2D eigenvalue weighted by Gasteiger charge is -2.17. The summed E-state index contributed by atoms with van der Waals surface area (Å²) < 4.78 is 13.2. The molecule has 2 saturated carbocycles. The monoisotopic (exact) mass is 236 g/mol. The molecule has 0 amide bonds. The van der Waals surface area contributed by atoms with Gasteiger partial charge in [0.2, 0.25) is 5.95 Å². The first-order valence-electron chi connectivity index (χ1n) is 6.25. The molecule has 2 N–H and O–H groups in total. The van der Waals surface area contributed by atoms with Crippen LogP contribution in [0, 0.1) is 17.7 Å². The molecule has 1 heterocycles. The molecule has 0 bridgehead atoms. The van der Waals surface area contributed by atoms with Gasteiger partial charge in [-0.2, -0.15) is 4.98 Å². The predicted octanol–water partition coefficient (Wildman–Crippen LogP) is 2.26. The Hall–Kier alpha value is -1.39. The van der Waals surface area contributed by atoms with Crippen molar-refractivity contribution in [3.63, 3.8) is 0 Å². The molecule has 1 aromatic rings. The maximum Gasteiger partial charge on any atom is 0.225 e. The summed E-state index contributed by atoms with van der Waals surface area (Å²) in [5.74, 6) is 1.93. The average Bonchev–Trinajstić information content (AvgIpc) is 3.18. The minimum absolute atomic E-state index is 0.257. The summed E-state index contributed by atoms with van der Waals surface area (Å²) in [4.78, 5) is 8.15. The quantitative estimate of drug-likeness (QED) is 0.823. The Bertz CT molecular complexity index is 403. The van der Waals surface area contributed by atoms with E-state index in [2.05, 4.69) is 20.6 Å². The standard InChI is InChI=1S/C12H17FN4/c1-14-11-9(13)6-15-12(17-11)16-10(7-2-3-7)8-4-5-8/h6-8,10H,2-5H2,1H3,(H2,14,15,16,17). The number of anilines is 2. The van der Waals surface area contributed by atoms with Crippen molar-refractivity contribution in [2.45, 2.75) is 31.7 Å². The van der Waals surface area contributed by atoms with Crippen molar-refractivity contribution in [3.05, 3.63) is 12.0 Å². The number of aromatic nitrogens is 2. The predicted molar refractivity (Wildman–Crippen MR) is 64.4 cm³/mol. The lowest BCUT2D eigenvalue weighted by Crippen LogP contribution is -2.25. The zero-order chi connectivity index (χ0) is 11.8. The molecule has 0 aliphatic heterocycles. The molecule has 0 radical (unpaired) electrons. The lowest BCUT2D eigenvalue weighted by molar-refractivity contribution is 0.561. The van der Waals surface area contributed by atoms with Crippen LogP contribution in [-0.2, 0) is 0 Å². The van der Waals surface area contributed by atoms with Crippen LogP contribution >= 0.6 is 0 Å². The Labute approximate surface area is 100 Å². The molecule has 5 heteroatoms. The van der Waals surface area contributed by atoms with Crippen LogP contribution in [0.1, 0.15) is 25.7 Å². The molecular formula is C12H17FN4. The Balaban J connectivity index is 1.74. The first-order valence-corrected chi connectivity index (χ1v) is 6.25. The van der Waals surface area contributed by atoms with Crippen LogP contribution in [0.25, 0.3) is 0 Å². The summed E-state index contributed by atoms with van der Waals surface area (Å²) in [5, 5.41) is 6.11. The van der Waals surface area contributed by atoms with Gasteiger partial charge >= 0.3 is 0 Å². The van der Waals surface area contributed by atoms with E-state index in [1.807, 2.05) is 0 Å². The fraction of sp³-hybridized carbons (Fsp3) is 0.667. The van der Waals surface area contributed by atoms with Gasteiger partial charge in [-0.3, -0.25) is 0 Å². The minimum Gasteiger partial charge on any atom is -0.371 e. The van der Waals surface area contributed by atoms with Crippen molar-refractivity contribution in [2.24, 2.45) is 11.8 Å². The highest BCUT2D eigenvalue weighted by atomic mass is 19.1. The highest BCUT2D eigenvalue weighted by Crippen LogP contribution is 2.45. The molecule has 4 nitrogen and oxygen atoms in total. The molecule has 0 spiro atoms. The fourth-order valence-corrected chi connectivity index (χ4v) is 2.29. The molecule has 0 aromatic carbocycles. The number of hydrogen-bond acceptors (Lipinski definition) is 4. The minimum atomic E-state index is -0.410. The lowest BCUT2D eigenvalue weighted by atomic mass is 10.1. The fourth-order valence-electron chi connectivity index (χ4n) is 2.29. The smallest absolute Gasteiger partial charge is 0.225 e. The van der Waals surface area contributed by atoms with Crippen LogP contribution in [-0.4, -0.2) is 23.1 Å². The molecule has 0 unspecified atom stereocenters. The van der Waals surface area contributed by atoms with Gasteiger partial charge in [0.15, 0.2) is 11.6 Å². The summed E-state index contributed by atoms with van der Waals surface area (Å²) in [7, 11) is 1.66. The zero-order valence-electron chi connectivity index (χ0n) is 9.91. The van der Waals surface area contributed by atoms with Crippen molar-refractivity contribution in [2.75, 3.05) is 17.7 Å². The van der Waals surface area contributed by atoms with Gasteiger partial charge in [-0.1, -0.05) is 0 Å². The molecular weight excluding hydrogens is 219 g/mol. The third-order valence-electron chi connectivity index (χ3n) is 3.54. The van der Waals surface area contributed by atoms with E-state index < -0.39 is 5.82 Å². The number of hydrogen-bond donors (Lipinski definition) is 2. The number of rotatable bonds is 5. The van der Waals surface area contributed by atoms with Crippen molar-refractivity contribution in [3.8, 4) is 0 Å². The van der Waals surface area contributed by atoms with Crippen LogP contribution in [0.3, 0.4) is 0 Å². The number of halogens is 1. The summed E-state index contributed by atoms with van der Waals surface area (Å²) >= 11 is 0. The Morgan fingerprint density at radius 1 is 1.29 bits per heavy atom. The van der Waals surface area contributed by atoms with Gasteiger partial charge in [0, 0.05) is 13.1 Å². The highest BCUT2D eigenvalue weighted by Gasteiger charge is 2.41. The van der Waals surface area contributed by atoms with Crippen LogP contribution in [0.4, 0.5) is 16.2 Å². The second-order valence-corrected chi connectivity index (χ2v) is 4.99. The second-order valence-electron chi connectivity index (χ2n) is 4.99. The van der Waals surface area contributed by atoms with E-state index in [4.69, 9.17) is 0 Å². The van der Waals surface area contributed by atoms with Gasteiger partial charge in [0.05, 0.1) is 6.20 Å². The Morgan fingerprint density at radius 3 is 2.47 bits per heavy atom. The zero-order valence-corrected chi connectivity index (χ0v) is 9.91. The van der Waals surface area contributed by atoms with Gasteiger partial charge in [0.1, 0.15) is 0 Å². The van der Waals surface area contributed by atoms with Gasteiger partial charge in [-0.05, 0) is 37.5 Å². The molecule has 0 atom stereocenters. The molecule has 92 valence electrons. The van der Waals surface area contributed by atoms with Crippen molar-refractivity contribution in [1.29, 1.82) is 0 Å². The van der Waals surface area contributed by atoms with Gasteiger partial charge < -0.3 is 10.6 Å². The molecule has 3 rings (SSSR count). The van der Waals surface area contributed by atoms with Crippen LogP contribution in [0.2, 0.25) is 0 Å². The van der Waals surface area contributed by atoms with E-state index in [1.165, 1.54) is 31.9 Å². The Kier molecular flexibility index (Phi) is 2.61. The third kappa shape index (κ3) is 2.33. The summed E-state index contributed by atoms with van der Waals surface area (Å²) in [6.45, 7) is 0. The molecule has 0 saturated heterocycles. The first-order chi connectivity index (χ1) is 8.28. The SMILES string of the molecule is CNc1nc(NC(C2CC2)C2CC2)ncc1F. The molecule has 1 aromatic heterocycles. The first kappa shape index (κ1) is 10.7. The van der Waals surface area contributed by atoms with E-state index in [0.29, 0.717) is 12.0 Å². The molecule has 2 aliphatic rings. The van der Waals surface area contributed by atoms with Gasteiger partial charge in [0.25, 0.3) is 0 Å². The average molecular weight is 236 g/mol. The Morgan fingerprint density at radius 2 is 1.94 bits per heavy atom. The van der Waals surface area contributed by atoms with Crippen molar-refractivity contribution in [1.82, 2.24) is 9.97 Å². The van der Waals surface area contributed by atoms with E-state index in [0.717, 1.165) is 11.8 Å². The topological polar surface area (TPSA) is 49.8 Å². The maximum absolute atomic E-state index is 13.2. The normalized spacial score (nSPS) is 19.5. The van der Waals surface area contributed by atoms with E-state index in [9.17, 15) is 4.39 Å². The summed E-state index contributed by atoms with van der Waals surface area (Å²) in [6.07, 6.45) is 6.42.